The number of carbonyl (C=O) groups excluding carboxylic acids is 1. The lowest BCUT2D eigenvalue weighted by Gasteiger charge is -2.32. The Morgan fingerprint density at radius 1 is 1.56 bits per heavy atom. The van der Waals surface area contributed by atoms with Gasteiger partial charge in [0.05, 0.1) is 6.04 Å². The third-order valence-electron chi connectivity index (χ3n) is 3.45. The Morgan fingerprint density at radius 2 is 2.38 bits per heavy atom. The van der Waals surface area contributed by atoms with Crippen molar-refractivity contribution in [2.24, 2.45) is 11.8 Å². The molecule has 1 amide bonds. The van der Waals surface area contributed by atoms with E-state index >= 15 is 0 Å². The largest absolute Gasteiger partial charge is 0.447 e. The van der Waals surface area contributed by atoms with Crippen LogP contribution in [-0.4, -0.2) is 43.3 Å². The first-order valence-corrected chi connectivity index (χ1v) is 6.32. The summed E-state index contributed by atoms with van der Waals surface area (Å²) in [4.78, 5) is 13.6. The highest BCUT2D eigenvalue weighted by Gasteiger charge is 2.38. The van der Waals surface area contributed by atoms with Crippen LogP contribution >= 0.6 is 0 Å². The van der Waals surface area contributed by atoms with Crippen LogP contribution in [0.5, 0.6) is 0 Å². The van der Waals surface area contributed by atoms with Crippen LogP contribution in [0, 0.1) is 11.8 Å². The van der Waals surface area contributed by atoms with Crippen LogP contribution in [0.2, 0.25) is 0 Å². The van der Waals surface area contributed by atoms with Gasteiger partial charge < -0.3 is 15.0 Å². The van der Waals surface area contributed by atoms with Crippen LogP contribution in [0.25, 0.3) is 0 Å². The number of rotatable bonds is 3. The molecule has 0 aliphatic carbocycles. The molecule has 2 heterocycles. The molecule has 4 heteroatoms. The molecule has 4 nitrogen and oxygen atoms in total. The summed E-state index contributed by atoms with van der Waals surface area (Å²) in [6.45, 7) is 7.82. The van der Waals surface area contributed by atoms with E-state index < -0.39 is 0 Å². The summed E-state index contributed by atoms with van der Waals surface area (Å²) in [5.74, 6) is 1.07. The normalized spacial score (nSPS) is 30.9. The maximum absolute atomic E-state index is 11.6. The van der Waals surface area contributed by atoms with E-state index in [1.165, 1.54) is 12.8 Å². The van der Waals surface area contributed by atoms with Crippen molar-refractivity contribution in [1.29, 1.82) is 0 Å². The van der Waals surface area contributed by atoms with Gasteiger partial charge in [0.15, 0.2) is 0 Å². The smallest absolute Gasteiger partial charge is 0.410 e. The Bertz CT molecular complexity index is 249. The molecule has 0 aromatic rings. The third kappa shape index (κ3) is 2.48. The second-order valence-electron chi connectivity index (χ2n) is 5.30. The van der Waals surface area contributed by atoms with Gasteiger partial charge in [-0.2, -0.15) is 0 Å². The number of nitrogens with zero attached hydrogens (tertiary/aromatic N) is 1. The first-order valence-electron chi connectivity index (χ1n) is 6.32. The number of cyclic esters (lactones) is 1. The molecule has 0 radical (unpaired) electrons. The highest BCUT2D eigenvalue weighted by molar-refractivity contribution is 5.70. The van der Waals surface area contributed by atoms with Crippen LogP contribution in [0.1, 0.15) is 26.7 Å². The number of piperidine rings is 1. The maximum atomic E-state index is 11.6. The van der Waals surface area contributed by atoms with Gasteiger partial charge in [-0.3, -0.25) is 0 Å². The van der Waals surface area contributed by atoms with Crippen LogP contribution in [0.4, 0.5) is 4.79 Å². The molecule has 2 saturated heterocycles. The van der Waals surface area contributed by atoms with Gasteiger partial charge in [-0.05, 0) is 31.2 Å². The lowest BCUT2D eigenvalue weighted by molar-refractivity contribution is 0.148. The number of amides is 1. The molecule has 2 atom stereocenters. The van der Waals surface area contributed by atoms with Gasteiger partial charge in [0.1, 0.15) is 6.61 Å². The van der Waals surface area contributed by atoms with Gasteiger partial charge in [0.25, 0.3) is 0 Å². The van der Waals surface area contributed by atoms with Crippen molar-refractivity contribution >= 4 is 6.09 Å². The summed E-state index contributed by atoms with van der Waals surface area (Å²) in [5.41, 5.74) is 0. The molecule has 92 valence electrons. The van der Waals surface area contributed by atoms with E-state index in [4.69, 9.17) is 4.74 Å². The van der Waals surface area contributed by atoms with E-state index in [0.717, 1.165) is 19.6 Å². The maximum Gasteiger partial charge on any atom is 0.410 e. The second kappa shape index (κ2) is 5.04. The molecule has 0 aromatic carbocycles. The van der Waals surface area contributed by atoms with E-state index in [0.29, 0.717) is 24.5 Å². The highest BCUT2D eigenvalue weighted by atomic mass is 16.6. The van der Waals surface area contributed by atoms with Crippen molar-refractivity contribution in [1.82, 2.24) is 10.2 Å². The summed E-state index contributed by atoms with van der Waals surface area (Å²) < 4.78 is 5.19. The molecule has 0 bridgehead atoms. The van der Waals surface area contributed by atoms with Crippen LogP contribution in [-0.2, 0) is 4.74 Å². The van der Waals surface area contributed by atoms with Gasteiger partial charge in [0, 0.05) is 13.1 Å². The van der Waals surface area contributed by atoms with Crippen LogP contribution in [0.3, 0.4) is 0 Å². The van der Waals surface area contributed by atoms with Gasteiger partial charge in [0.2, 0.25) is 0 Å². The fraction of sp³-hybridized carbons (Fsp3) is 0.917. The molecule has 1 N–H and O–H groups in total. The van der Waals surface area contributed by atoms with E-state index in [2.05, 4.69) is 19.2 Å². The SMILES string of the molecule is CC(C)CN1C(=O)OCC1C1CCCNC1. The van der Waals surface area contributed by atoms with Crippen molar-refractivity contribution in [2.75, 3.05) is 26.2 Å². The predicted octanol–water partition coefficient (Wildman–Crippen LogP) is 1.46. The Morgan fingerprint density at radius 3 is 3.00 bits per heavy atom. The molecular formula is C12H22N2O2. The Labute approximate surface area is 97.3 Å². The molecule has 16 heavy (non-hydrogen) atoms. The third-order valence-corrected chi connectivity index (χ3v) is 3.45. The lowest BCUT2D eigenvalue weighted by Crippen LogP contribution is -2.46. The van der Waals surface area contributed by atoms with Crippen molar-refractivity contribution in [3.05, 3.63) is 0 Å². The number of hydrogen-bond donors (Lipinski definition) is 1. The Hall–Kier alpha value is -0.770. The van der Waals surface area contributed by atoms with E-state index in [-0.39, 0.29) is 6.09 Å². The molecule has 2 unspecified atom stereocenters. The molecular weight excluding hydrogens is 204 g/mol. The minimum absolute atomic E-state index is 0.121. The van der Waals surface area contributed by atoms with Gasteiger partial charge in [-0.25, -0.2) is 4.79 Å². The van der Waals surface area contributed by atoms with E-state index in [9.17, 15) is 4.79 Å². The fourth-order valence-corrected chi connectivity index (χ4v) is 2.67. The monoisotopic (exact) mass is 226 g/mol. The van der Waals surface area contributed by atoms with Crippen molar-refractivity contribution in [3.63, 3.8) is 0 Å². The standard InChI is InChI=1S/C12H22N2O2/c1-9(2)7-14-11(8-16-12(14)15)10-4-3-5-13-6-10/h9-11,13H,3-8H2,1-2H3. The Kier molecular flexibility index (Phi) is 3.69. The highest BCUT2D eigenvalue weighted by Crippen LogP contribution is 2.25. The summed E-state index contributed by atoms with van der Waals surface area (Å²) in [5, 5.41) is 3.41. The van der Waals surface area contributed by atoms with E-state index in [1.807, 2.05) is 4.90 Å². The molecule has 2 rings (SSSR count). The number of carbonyl (C=O) groups is 1. The van der Waals surface area contributed by atoms with Crippen molar-refractivity contribution in [2.45, 2.75) is 32.7 Å². The zero-order valence-corrected chi connectivity index (χ0v) is 10.2. The summed E-state index contributed by atoms with van der Waals surface area (Å²) >= 11 is 0. The zero-order valence-electron chi connectivity index (χ0n) is 10.2. The minimum atomic E-state index is -0.121. The molecule has 0 spiro atoms. The second-order valence-corrected chi connectivity index (χ2v) is 5.30. The molecule has 0 aromatic heterocycles. The van der Waals surface area contributed by atoms with Gasteiger partial charge in [-0.1, -0.05) is 13.8 Å². The molecule has 2 fully saturated rings. The molecule has 2 aliphatic heterocycles. The molecule has 2 aliphatic rings. The molecule has 0 saturated carbocycles. The van der Waals surface area contributed by atoms with Gasteiger partial charge in [-0.15, -0.1) is 0 Å². The first-order chi connectivity index (χ1) is 7.68. The first kappa shape index (κ1) is 11.7. The predicted molar refractivity (Wildman–Crippen MR) is 62.3 cm³/mol. The minimum Gasteiger partial charge on any atom is -0.447 e. The summed E-state index contributed by atoms with van der Waals surface area (Å²) in [6, 6.07) is 0.294. The lowest BCUT2D eigenvalue weighted by atomic mass is 9.91. The topological polar surface area (TPSA) is 41.6 Å². The fourth-order valence-electron chi connectivity index (χ4n) is 2.67. The number of nitrogens with one attached hydrogen (secondary N) is 1. The summed E-state index contributed by atoms with van der Waals surface area (Å²) in [7, 11) is 0. The van der Waals surface area contributed by atoms with Crippen molar-refractivity contribution < 1.29 is 9.53 Å². The number of ether oxygens (including phenoxy) is 1. The number of hydrogen-bond acceptors (Lipinski definition) is 3. The summed E-state index contributed by atoms with van der Waals surface area (Å²) in [6.07, 6.45) is 2.30. The van der Waals surface area contributed by atoms with Crippen LogP contribution in [0.15, 0.2) is 0 Å². The average molecular weight is 226 g/mol. The van der Waals surface area contributed by atoms with Crippen molar-refractivity contribution in [3.8, 4) is 0 Å². The average Bonchev–Trinajstić information content (AvgIpc) is 2.61. The van der Waals surface area contributed by atoms with Crippen LogP contribution < -0.4 is 5.32 Å². The Balaban J connectivity index is 1.98. The van der Waals surface area contributed by atoms with E-state index in [1.54, 1.807) is 0 Å². The van der Waals surface area contributed by atoms with Gasteiger partial charge >= 0.3 is 6.09 Å². The zero-order chi connectivity index (χ0) is 11.5. The quantitative estimate of drug-likeness (QED) is 0.792.